The lowest BCUT2D eigenvalue weighted by Gasteiger charge is -2.11. The van der Waals surface area contributed by atoms with Gasteiger partial charge in [-0.1, -0.05) is 6.07 Å². The molecular formula is C31H28N2O9. The molecule has 0 atom stereocenters. The van der Waals surface area contributed by atoms with E-state index >= 15 is 0 Å². The topological polar surface area (TPSA) is 136 Å². The Morgan fingerprint density at radius 1 is 0.857 bits per heavy atom. The minimum absolute atomic E-state index is 0.0502. The zero-order valence-electron chi connectivity index (χ0n) is 23.2. The molecule has 42 heavy (non-hydrogen) atoms. The summed E-state index contributed by atoms with van der Waals surface area (Å²) in [5.74, 6) is 0.390. The van der Waals surface area contributed by atoms with Crippen LogP contribution in [0.4, 0.5) is 5.69 Å². The van der Waals surface area contributed by atoms with Gasteiger partial charge in [-0.05, 0) is 86.5 Å². The second-order valence-corrected chi connectivity index (χ2v) is 8.61. The summed E-state index contributed by atoms with van der Waals surface area (Å²) in [4.78, 5) is 39.7. The molecule has 1 aliphatic rings. The monoisotopic (exact) mass is 572 g/mol. The molecule has 11 heteroatoms. The van der Waals surface area contributed by atoms with Gasteiger partial charge in [-0.25, -0.2) is 14.6 Å². The lowest BCUT2D eigenvalue weighted by atomic mass is 10.1. The quantitative estimate of drug-likeness (QED) is 0.0873. The Bertz CT molecular complexity index is 1570. The Morgan fingerprint density at radius 2 is 1.48 bits per heavy atom. The maximum Gasteiger partial charge on any atom is 0.363 e. The van der Waals surface area contributed by atoms with Crippen LogP contribution < -0.4 is 18.9 Å². The van der Waals surface area contributed by atoms with Gasteiger partial charge in [-0.15, -0.1) is 0 Å². The molecule has 216 valence electrons. The van der Waals surface area contributed by atoms with E-state index in [9.17, 15) is 19.7 Å². The van der Waals surface area contributed by atoms with Gasteiger partial charge in [0.1, 0.15) is 0 Å². The zero-order valence-corrected chi connectivity index (χ0v) is 23.2. The van der Waals surface area contributed by atoms with Crippen molar-refractivity contribution in [2.75, 3.05) is 19.8 Å². The molecule has 0 radical (unpaired) electrons. The average Bonchev–Trinajstić information content (AvgIpc) is 3.34. The van der Waals surface area contributed by atoms with Crippen molar-refractivity contribution in [1.82, 2.24) is 0 Å². The number of nitrogens with zero attached hydrogens (tertiary/aromatic N) is 2. The highest BCUT2D eigenvalue weighted by atomic mass is 16.6. The van der Waals surface area contributed by atoms with E-state index in [1.54, 1.807) is 43.3 Å². The first kappa shape index (κ1) is 29.5. The Hall–Kier alpha value is -5.45. The first-order chi connectivity index (χ1) is 20.3. The first-order valence-electron chi connectivity index (χ1n) is 13.1. The number of aliphatic imine (C=N–C) groups is 1. The second-order valence-electron chi connectivity index (χ2n) is 8.61. The molecule has 0 fully saturated rings. The molecule has 0 spiro atoms. The molecule has 3 aromatic rings. The van der Waals surface area contributed by atoms with Gasteiger partial charge in [0.2, 0.25) is 5.90 Å². The standard InChI is InChI=1S/C31H28N2O9/c1-4-38-25-15-11-22(19-28(25)40-6-3)30-32-24(31(35)42-30)17-21-9-14-26(27(18-21)39-5-2)41-29(34)16-10-20-7-12-23(13-8-20)33(36)37/h7-19H,4-6H2,1-3H3/b16-10+,24-17-. The lowest BCUT2D eigenvalue weighted by molar-refractivity contribution is -0.384. The molecule has 0 aromatic heterocycles. The van der Waals surface area contributed by atoms with Crippen molar-refractivity contribution in [3.8, 4) is 23.0 Å². The van der Waals surface area contributed by atoms with Crippen molar-refractivity contribution < 1.29 is 38.2 Å². The van der Waals surface area contributed by atoms with Crippen LogP contribution in [0.25, 0.3) is 12.2 Å². The molecular weight excluding hydrogens is 544 g/mol. The summed E-state index contributed by atoms with van der Waals surface area (Å²) in [5.41, 5.74) is 1.74. The fraction of sp³-hybridized carbons (Fsp3) is 0.194. The van der Waals surface area contributed by atoms with E-state index in [1.807, 2.05) is 13.8 Å². The van der Waals surface area contributed by atoms with E-state index in [2.05, 4.69) is 4.99 Å². The Kier molecular flexibility index (Phi) is 9.67. The van der Waals surface area contributed by atoms with Gasteiger partial charge in [0.05, 0.1) is 24.7 Å². The summed E-state index contributed by atoms with van der Waals surface area (Å²) in [7, 11) is 0. The largest absolute Gasteiger partial charge is 0.490 e. The van der Waals surface area contributed by atoms with Crippen LogP contribution in [-0.4, -0.2) is 42.6 Å². The van der Waals surface area contributed by atoms with Gasteiger partial charge in [-0.2, -0.15) is 0 Å². The smallest absolute Gasteiger partial charge is 0.363 e. The zero-order chi connectivity index (χ0) is 30.1. The molecule has 0 saturated heterocycles. The molecule has 0 bridgehead atoms. The number of carbonyl (C=O) groups is 2. The Labute approximate surface area is 241 Å². The van der Waals surface area contributed by atoms with E-state index in [1.165, 1.54) is 42.5 Å². The molecule has 3 aromatic carbocycles. The van der Waals surface area contributed by atoms with Crippen LogP contribution in [0.15, 0.2) is 77.4 Å². The number of rotatable bonds is 12. The van der Waals surface area contributed by atoms with Gasteiger partial charge in [0.15, 0.2) is 28.7 Å². The maximum atomic E-state index is 12.6. The van der Waals surface area contributed by atoms with Crippen molar-refractivity contribution >= 4 is 35.7 Å². The summed E-state index contributed by atoms with van der Waals surface area (Å²) in [6, 6.07) is 15.7. The molecule has 0 aliphatic carbocycles. The van der Waals surface area contributed by atoms with Crippen LogP contribution >= 0.6 is 0 Å². The predicted molar refractivity (Wildman–Crippen MR) is 155 cm³/mol. The number of ether oxygens (including phenoxy) is 5. The number of non-ortho nitro benzene ring substituents is 1. The molecule has 0 amide bonds. The molecule has 1 heterocycles. The third-order valence-electron chi connectivity index (χ3n) is 5.71. The number of hydrogen-bond acceptors (Lipinski definition) is 10. The second kappa shape index (κ2) is 13.8. The number of carbonyl (C=O) groups excluding carboxylic acids is 2. The molecule has 0 unspecified atom stereocenters. The van der Waals surface area contributed by atoms with Crippen molar-refractivity contribution in [3.63, 3.8) is 0 Å². The van der Waals surface area contributed by atoms with Crippen LogP contribution in [-0.2, 0) is 14.3 Å². The average molecular weight is 573 g/mol. The number of esters is 2. The van der Waals surface area contributed by atoms with E-state index in [0.29, 0.717) is 48.0 Å². The summed E-state index contributed by atoms with van der Waals surface area (Å²) in [6.45, 7) is 6.72. The summed E-state index contributed by atoms with van der Waals surface area (Å²) < 4.78 is 27.7. The number of nitro benzene ring substituents is 1. The normalized spacial score (nSPS) is 13.5. The minimum atomic E-state index is -0.671. The van der Waals surface area contributed by atoms with Crippen molar-refractivity contribution in [2.45, 2.75) is 20.8 Å². The minimum Gasteiger partial charge on any atom is -0.490 e. The third-order valence-corrected chi connectivity index (χ3v) is 5.71. The number of hydrogen-bond donors (Lipinski definition) is 0. The van der Waals surface area contributed by atoms with E-state index in [0.717, 1.165) is 0 Å². The highest BCUT2D eigenvalue weighted by molar-refractivity contribution is 6.13. The third kappa shape index (κ3) is 7.39. The summed E-state index contributed by atoms with van der Waals surface area (Å²) >= 11 is 0. The molecule has 4 rings (SSSR count). The van der Waals surface area contributed by atoms with E-state index in [4.69, 9.17) is 23.7 Å². The van der Waals surface area contributed by atoms with Crippen LogP contribution in [0.2, 0.25) is 0 Å². The number of cyclic esters (lactones) is 1. The summed E-state index contributed by atoms with van der Waals surface area (Å²) in [6.07, 6.45) is 4.22. The summed E-state index contributed by atoms with van der Waals surface area (Å²) in [5, 5.41) is 10.8. The van der Waals surface area contributed by atoms with Gasteiger partial charge in [-0.3, -0.25) is 10.1 Å². The van der Waals surface area contributed by atoms with Gasteiger partial charge < -0.3 is 23.7 Å². The molecule has 0 N–H and O–H groups in total. The van der Waals surface area contributed by atoms with E-state index in [-0.39, 0.29) is 28.8 Å². The maximum absolute atomic E-state index is 12.6. The van der Waals surface area contributed by atoms with Crippen molar-refractivity contribution in [3.05, 3.63) is 99.2 Å². The van der Waals surface area contributed by atoms with E-state index < -0.39 is 16.9 Å². The highest BCUT2D eigenvalue weighted by Gasteiger charge is 2.25. The number of nitro groups is 1. The fourth-order valence-corrected chi connectivity index (χ4v) is 3.86. The Morgan fingerprint density at radius 3 is 2.14 bits per heavy atom. The van der Waals surface area contributed by atoms with Gasteiger partial charge >= 0.3 is 11.9 Å². The SMILES string of the molecule is CCOc1ccc(C2=N/C(=C\c3ccc(OC(=O)/C=C/c4ccc([N+](=O)[O-])cc4)c(OCC)c3)C(=O)O2)cc1OCC. The highest BCUT2D eigenvalue weighted by Crippen LogP contribution is 2.32. The first-order valence-corrected chi connectivity index (χ1v) is 13.1. The lowest BCUT2D eigenvalue weighted by Crippen LogP contribution is -2.07. The Balaban J connectivity index is 1.51. The van der Waals surface area contributed by atoms with Crippen LogP contribution in [0.3, 0.4) is 0 Å². The van der Waals surface area contributed by atoms with Crippen molar-refractivity contribution in [1.29, 1.82) is 0 Å². The van der Waals surface area contributed by atoms with Crippen LogP contribution in [0, 0.1) is 10.1 Å². The number of benzene rings is 3. The molecule has 11 nitrogen and oxygen atoms in total. The van der Waals surface area contributed by atoms with Crippen LogP contribution in [0.1, 0.15) is 37.5 Å². The van der Waals surface area contributed by atoms with Gasteiger partial charge in [0.25, 0.3) is 5.69 Å². The fourth-order valence-electron chi connectivity index (χ4n) is 3.86. The van der Waals surface area contributed by atoms with Crippen molar-refractivity contribution in [2.24, 2.45) is 4.99 Å². The molecule has 0 saturated carbocycles. The predicted octanol–water partition coefficient (Wildman–Crippen LogP) is 5.75. The van der Waals surface area contributed by atoms with Gasteiger partial charge in [0, 0.05) is 23.8 Å². The van der Waals surface area contributed by atoms with Crippen LogP contribution in [0.5, 0.6) is 23.0 Å². The molecule has 1 aliphatic heterocycles.